The summed E-state index contributed by atoms with van der Waals surface area (Å²) in [6.45, 7) is 6.66. The molecule has 0 bridgehead atoms. The highest BCUT2D eigenvalue weighted by Gasteiger charge is 2.26. The zero-order valence-electron chi connectivity index (χ0n) is 18.6. The lowest BCUT2D eigenvalue weighted by molar-refractivity contribution is 0.206. The van der Waals surface area contributed by atoms with Crippen LogP contribution < -0.4 is 15.8 Å². The van der Waals surface area contributed by atoms with Crippen molar-refractivity contribution in [3.8, 4) is 11.3 Å². The second-order valence-electron chi connectivity index (χ2n) is 8.66. The molecule has 2 atom stereocenters. The van der Waals surface area contributed by atoms with Gasteiger partial charge in [0.1, 0.15) is 0 Å². The second kappa shape index (κ2) is 8.16. The zero-order valence-corrected chi connectivity index (χ0v) is 18.6. The molecule has 1 fully saturated rings. The fourth-order valence-electron chi connectivity index (χ4n) is 4.50. The number of aromatic amines is 1. The minimum atomic E-state index is -0.123. The number of aromatic nitrogens is 3. The number of fused-ring (bicyclic) bond motifs is 1. The predicted molar refractivity (Wildman–Crippen MR) is 130 cm³/mol. The van der Waals surface area contributed by atoms with E-state index < -0.39 is 0 Å². The number of hydrogen-bond acceptors (Lipinski definition) is 5. The number of benzene rings is 1. The van der Waals surface area contributed by atoms with E-state index in [4.69, 9.17) is 0 Å². The SMILES string of the molecule is C[C@@H]1CN(C)[C@@H](C)CN1c1ccc(Nc2ccc(-c3cc[nH]c(=O)c3)n3ccnc23)cc1. The van der Waals surface area contributed by atoms with E-state index in [9.17, 15) is 4.79 Å². The number of imidazole rings is 1. The van der Waals surface area contributed by atoms with Crippen LogP contribution in [0.5, 0.6) is 0 Å². The van der Waals surface area contributed by atoms with Crippen molar-refractivity contribution in [1.29, 1.82) is 0 Å². The van der Waals surface area contributed by atoms with Gasteiger partial charge in [0, 0.05) is 66.8 Å². The third kappa shape index (κ3) is 3.76. The first-order valence-corrected chi connectivity index (χ1v) is 11.0. The minimum absolute atomic E-state index is 0.123. The lowest BCUT2D eigenvalue weighted by Gasteiger charge is -2.43. The molecular weight excluding hydrogens is 400 g/mol. The molecule has 32 heavy (non-hydrogen) atoms. The number of likely N-dealkylation sites (N-methyl/N-ethyl adjacent to an activating group) is 1. The van der Waals surface area contributed by atoms with Gasteiger partial charge in [-0.3, -0.25) is 14.1 Å². The molecule has 3 aromatic heterocycles. The van der Waals surface area contributed by atoms with Crippen LogP contribution >= 0.6 is 0 Å². The van der Waals surface area contributed by atoms with Gasteiger partial charge in [0.2, 0.25) is 5.56 Å². The Bertz CT molecular complexity index is 1290. The number of hydrogen-bond donors (Lipinski definition) is 2. The quantitative estimate of drug-likeness (QED) is 0.515. The van der Waals surface area contributed by atoms with Crippen LogP contribution in [0, 0.1) is 0 Å². The summed E-state index contributed by atoms with van der Waals surface area (Å²) in [5.41, 5.74) is 5.63. The van der Waals surface area contributed by atoms with Gasteiger partial charge in [0.25, 0.3) is 0 Å². The van der Waals surface area contributed by atoms with Crippen LogP contribution in [0.3, 0.4) is 0 Å². The number of anilines is 3. The second-order valence-corrected chi connectivity index (χ2v) is 8.66. The highest BCUT2D eigenvalue weighted by atomic mass is 16.1. The highest BCUT2D eigenvalue weighted by Crippen LogP contribution is 2.29. The van der Waals surface area contributed by atoms with Crippen molar-refractivity contribution in [2.24, 2.45) is 0 Å². The molecular formula is C25H28N6O. The monoisotopic (exact) mass is 428 g/mol. The number of rotatable bonds is 4. The van der Waals surface area contributed by atoms with E-state index in [-0.39, 0.29) is 5.56 Å². The molecule has 7 nitrogen and oxygen atoms in total. The Hall–Kier alpha value is -3.58. The van der Waals surface area contributed by atoms with Crippen LogP contribution in [0.25, 0.3) is 16.9 Å². The number of nitrogens with one attached hydrogen (secondary N) is 2. The summed E-state index contributed by atoms with van der Waals surface area (Å²) in [7, 11) is 2.20. The molecule has 0 amide bonds. The van der Waals surface area contributed by atoms with Gasteiger partial charge in [-0.05, 0) is 63.4 Å². The van der Waals surface area contributed by atoms with Gasteiger partial charge in [-0.1, -0.05) is 0 Å². The van der Waals surface area contributed by atoms with Gasteiger partial charge < -0.3 is 15.2 Å². The van der Waals surface area contributed by atoms with Crippen molar-refractivity contribution >= 4 is 22.7 Å². The van der Waals surface area contributed by atoms with Gasteiger partial charge in [-0.2, -0.15) is 0 Å². The molecule has 4 aromatic rings. The van der Waals surface area contributed by atoms with Gasteiger partial charge >= 0.3 is 0 Å². The average molecular weight is 429 g/mol. The summed E-state index contributed by atoms with van der Waals surface area (Å²) >= 11 is 0. The molecule has 0 spiro atoms. The van der Waals surface area contributed by atoms with Crippen molar-refractivity contribution in [1.82, 2.24) is 19.3 Å². The number of pyridine rings is 2. The Morgan fingerprint density at radius 2 is 1.84 bits per heavy atom. The molecule has 0 aliphatic carbocycles. The lowest BCUT2D eigenvalue weighted by Crippen LogP contribution is -2.55. The summed E-state index contributed by atoms with van der Waals surface area (Å²) in [6.07, 6.45) is 5.35. The Morgan fingerprint density at radius 1 is 1.03 bits per heavy atom. The van der Waals surface area contributed by atoms with Crippen LogP contribution in [0.4, 0.5) is 17.1 Å². The standard InChI is InChI=1S/C25H28N6O/c1-17-16-31(18(2)15-29(17)3)21-6-4-20(5-7-21)28-22-8-9-23(30-13-12-27-25(22)30)19-10-11-26-24(32)14-19/h4-14,17-18,28H,15-16H2,1-3H3,(H,26,32)/t17-,18+/m0/s1. The van der Waals surface area contributed by atoms with Crippen LogP contribution in [0.2, 0.25) is 0 Å². The predicted octanol–water partition coefficient (Wildman–Crippen LogP) is 3.96. The molecule has 0 unspecified atom stereocenters. The summed E-state index contributed by atoms with van der Waals surface area (Å²) in [5, 5.41) is 3.50. The smallest absolute Gasteiger partial charge is 0.248 e. The first-order valence-electron chi connectivity index (χ1n) is 11.0. The largest absolute Gasteiger partial charge is 0.366 e. The van der Waals surface area contributed by atoms with Crippen LogP contribution in [0.1, 0.15) is 13.8 Å². The molecule has 1 aliphatic heterocycles. The fourth-order valence-corrected chi connectivity index (χ4v) is 4.50. The molecule has 1 aromatic carbocycles. The first kappa shape index (κ1) is 20.3. The number of nitrogens with zero attached hydrogens (tertiary/aromatic N) is 4. The van der Waals surface area contributed by atoms with E-state index in [1.807, 2.05) is 28.8 Å². The van der Waals surface area contributed by atoms with Crippen LogP contribution in [0.15, 0.2) is 71.9 Å². The summed E-state index contributed by atoms with van der Waals surface area (Å²) in [6, 6.07) is 17.1. The summed E-state index contributed by atoms with van der Waals surface area (Å²) in [4.78, 5) is 23.9. The maximum absolute atomic E-state index is 11.7. The summed E-state index contributed by atoms with van der Waals surface area (Å²) < 4.78 is 2.00. The molecule has 4 heterocycles. The maximum Gasteiger partial charge on any atom is 0.248 e. The van der Waals surface area contributed by atoms with Crippen molar-refractivity contribution in [3.05, 3.63) is 77.5 Å². The van der Waals surface area contributed by atoms with Gasteiger partial charge in [0.15, 0.2) is 5.65 Å². The van der Waals surface area contributed by atoms with Crippen molar-refractivity contribution in [2.45, 2.75) is 25.9 Å². The van der Waals surface area contributed by atoms with Gasteiger partial charge in [-0.15, -0.1) is 0 Å². The van der Waals surface area contributed by atoms with Crippen LogP contribution in [-0.4, -0.2) is 51.5 Å². The zero-order chi connectivity index (χ0) is 22.2. The lowest BCUT2D eigenvalue weighted by atomic mass is 10.1. The molecule has 0 radical (unpaired) electrons. The summed E-state index contributed by atoms with van der Waals surface area (Å²) in [5.74, 6) is 0. The Labute approximate surface area is 187 Å². The molecule has 0 saturated carbocycles. The topological polar surface area (TPSA) is 68.7 Å². The Morgan fingerprint density at radius 3 is 2.62 bits per heavy atom. The fraction of sp³-hybridized carbons (Fsp3) is 0.280. The van der Waals surface area contributed by atoms with E-state index in [0.29, 0.717) is 12.1 Å². The molecule has 2 N–H and O–H groups in total. The van der Waals surface area contributed by atoms with Gasteiger partial charge in [0.05, 0.1) is 11.4 Å². The highest BCUT2D eigenvalue weighted by molar-refractivity contribution is 5.78. The van der Waals surface area contributed by atoms with Crippen molar-refractivity contribution in [3.63, 3.8) is 0 Å². The Kier molecular flexibility index (Phi) is 5.19. The van der Waals surface area contributed by atoms with E-state index in [1.165, 1.54) is 5.69 Å². The molecule has 164 valence electrons. The third-order valence-electron chi connectivity index (χ3n) is 6.40. The van der Waals surface area contributed by atoms with Crippen LogP contribution in [-0.2, 0) is 0 Å². The molecule has 5 rings (SSSR count). The normalized spacial score (nSPS) is 19.4. The van der Waals surface area contributed by atoms with E-state index >= 15 is 0 Å². The maximum atomic E-state index is 11.7. The van der Waals surface area contributed by atoms with E-state index in [1.54, 1.807) is 18.5 Å². The minimum Gasteiger partial charge on any atom is -0.366 e. The number of H-pyrrole nitrogens is 1. The van der Waals surface area contributed by atoms with Gasteiger partial charge in [-0.25, -0.2) is 4.98 Å². The van der Waals surface area contributed by atoms with Crippen molar-refractivity contribution < 1.29 is 0 Å². The Balaban J connectivity index is 1.40. The molecule has 7 heteroatoms. The third-order valence-corrected chi connectivity index (χ3v) is 6.40. The molecule has 1 aliphatic rings. The van der Waals surface area contributed by atoms with E-state index in [2.05, 4.69) is 70.2 Å². The van der Waals surface area contributed by atoms with E-state index in [0.717, 1.165) is 41.4 Å². The average Bonchev–Trinajstić information content (AvgIpc) is 3.28. The first-order chi connectivity index (χ1) is 15.5. The number of piperazine rings is 1. The molecule has 1 saturated heterocycles. The van der Waals surface area contributed by atoms with Crippen molar-refractivity contribution in [2.75, 3.05) is 30.4 Å².